The average Bonchev–Trinajstić information content (AvgIpc) is 2.44. The minimum absolute atomic E-state index is 0.0278. The standard InChI is InChI=1S/C16H17ClN2OS/c1-11-8-13(18)6-7-15(11)19-16(20)10-21-9-12-4-2-3-5-14(12)17/h2-8H,9-10,18H2,1H3,(H,19,20). The summed E-state index contributed by atoms with van der Waals surface area (Å²) in [7, 11) is 0. The molecule has 3 nitrogen and oxygen atoms in total. The number of carbonyl (C=O) groups excluding carboxylic acids is 1. The van der Waals surface area contributed by atoms with E-state index in [1.165, 1.54) is 11.8 Å². The van der Waals surface area contributed by atoms with Gasteiger partial charge >= 0.3 is 0 Å². The summed E-state index contributed by atoms with van der Waals surface area (Å²) >= 11 is 7.61. The van der Waals surface area contributed by atoms with Crippen molar-refractivity contribution in [1.29, 1.82) is 0 Å². The molecule has 1 amide bonds. The molecular formula is C16H17ClN2OS. The van der Waals surface area contributed by atoms with E-state index in [0.717, 1.165) is 21.8 Å². The maximum Gasteiger partial charge on any atom is 0.234 e. The van der Waals surface area contributed by atoms with Crippen molar-refractivity contribution < 1.29 is 4.79 Å². The van der Waals surface area contributed by atoms with Gasteiger partial charge in [-0.2, -0.15) is 0 Å². The van der Waals surface area contributed by atoms with Gasteiger partial charge in [0, 0.05) is 22.2 Å². The van der Waals surface area contributed by atoms with Crippen LogP contribution in [0.1, 0.15) is 11.1 Å². The second-order valence-electron chi connectivity index (χ2n) is 4.71. The molecule has 0 radical (unpaired) electrons. The lowest BCUT2D eigenvalue weighted by atomic mass is 10.2. The molecule has 2 aromatic rings. The summed E-state index contributed by atoms with van der Waals surface area (Å²) < 4.78 is 0. The highest BCUT2D eigenvalue weighted by Gasteiger charge is 2.06. The zero-order valence-electron chi connectivity index (χ0n) is 11.7. The average molecular weight is 321 g/mol. The smallest absolute Gasteiger partial charge is 0.234 e. The number of anilines is 2. The largest absolute Gasteiger partial charge is 0.399 e. The van der Waals surface area contributed by atoms with Gasteiger partial charge in [0.2, 0.25) is 5.91 Å². The third-order valence-electron chi connectivity index (χ3n) is 2.97. The van der Waals surface area contributed by atoms with E-state index in [1.807, 2.05) is 43.3 Å². The van der Waals surface area contributed by atoms with Gasteiger partial charge in [-0.3, -0.25) is 4.79 Å². The summed E-state index contributed by atoms with van der Waals surface area (Å²) in [6.07, 6.45) is 0. The highest BCUT2D eigenvalue weighted by Crippen LogP contribution is 2.21. The number of hydrogen-bond acceptors (Lipinski definition) is 3. The Hall–Kier alpha value is -1.65. The highest BCUT2D eigenvalue weighted by molar-refractivity contribution is 7.99. The first-order chi connectivity index (χ1) is 10.1. The first-order valence-electron chi connectivity index (χ1n) is 6.53. The Morgan fingerprint density at radius 2 is 2.05 bits per heavy atom. The van der Waals surface area contributed by atoms with Crippen LogP contribution in [0, 0.1) is 6.92 Å². The normalized spacial score (nSPS) is 10.4. The van der Waals surface area contributed by atoms with Crippen molar-refractivity contribution in [2.24, 2.45) is 0 Å². The first-order valence-corrected chi connectivity index (χ1v) is 8.06. The van der Waals surface area contributed by atoms with Crippen molar-refractivity contribution in [3.05, 3.63) is 58.6 Å². The van der Waals surface area contributed by atoms with E-state index in [2.05, 4.69) is 5.32 Å². The molecule has 21 heavy (non-hydrogen) atoms. The summed E-state index contributed by atoms with van der Waals surface area (Å²) in [6, 6.07) is 13.1. The number of carbonyl (C=O) groups is 1. The maximum atomic E-state index is 11.9. The quantitative estimate of drug-likeness (QED) is 0.815. The Morgan fingerprint density at radius 3 is 2.76 bits per heavy atom. The van der Waals surface area contributed by atoms with E-state index >= 15 is 0 Å². The molecule has 0 aliphatic heterocycles. The molecule has 0 saturated heterocycles. The molecule has 0 aliphatic carbocycles. The number of nitrogens with two attached hydrogens (primary N) is 1. The highest BCUT2D eigenvalue weighted by atomic mass is 35.5. The molecule has 0 heterocycles. The Morgan fingerprint density at radius 1 is 1.29 bits per heavy atom. The number of nitrogen functional groups attached to an aromatic ring is 1. The minimum atomic E-state index is -0.0278. The van der Waals surface area contributed by atoms with Crippen molar-refractivity contribution in [3.63, 3.8) is 0 Å². The molecule has 5 heteroatoms. The van der Waals surface area contributed by atoms with Crippen molar-refractivity contribution in [3.8, 4) is 0 Å². The fourth-order valence-electron chi connectivity index (χ4n) is 1.88. The predicted octanol–water partition coefficient (Wildman–Crippen LogP) is 4.10. The molecule has 0 spiro atoms. The number of halogens is 1. The van der Waals surface area contributed by atoms with Crippen LogP contribution in [-0.2, 0) is 10.5 Å². The van der Waals surface area contributed by atoms with Gasteiger partial charge in [0.1, 0.15) is 0 Å². The fourth-order valence-corrected chi connectivity index (χ4v) is 3.00. The van der Waals surface area contributed by atoms with E-state index in [-0.39, 0.29) is 5.91 Å². The first kappa shape index (κ1) is 15.7. The van der Waals surface area contributed by atoms with Crippen LogP contribution in [-0.4, -0.2) is 11.7 Å². The van der Waals surface area contributed by atoms with Crippen LogP contribution < -0.4 is 11.1 Å². The molecule has 0 aromatic heterocycles. The van der Waals surface area contributed by atoms with E-state index in [1.54, 1.807) is 6.07 Å². The van der Waals surface area contributed by atoms with Crippen LogP contribution in [0.5, 0.6) is 0 Å². The molecule has 0 aliphatic rings. The number of nitrogens with one attached hydrogen (secondary N) is 1. The topological polar surface area (TPSA) is 55.1 Å². The zero-order chi connectivity index (χ0) is 15.2. The van der Waals surface area contributed by atoms with Crippen LogP contribution in [0.4, 0.5) is 11.4 Å². The number of hydrogen-bond donors (Lipinski definition) is 2. The zero-order valence-corrected chi connectivity index (χ0v) is 13.3. The number of benzene rings is 2. The van der Waals surface area contributed by atoms with Gasteiger partial charge in [-0.15, -0.1) is 11.8 Å². The Balaban J connectivity index is 1.84. The van der Waals surface area contributed by atoms with Gasteiger partial charge < -0.3 is 11.1 Å². The van der Waals surface area contributed by atoms with Crippen molar-refractivity contribution in [2.45, 2.75) is 12.7 Å². The number of amides is 1. The van der Waals surface area contributed by atoms with Crippen LogP contribution in [0.15, 0.2) is 42.5 Å². The summed E-state index contributed by atoms with van der Waals surface area (Å²) in [5.41, 5.74) is 9.18. The lowest BCUT2D eigenvalue weighted by molar-refractivity contribution is -0.113. The van der Waals surface area contributed by atoms with Gasteiger partial charge in [0.05, 0.1) is 5.75 Å². The van der Waals surface area contributed by atoms with E-state index < -0.39 is 0 Å². The lowest BCUT2D eigenvalue weighted by Crippen LogP contribution is -2.15. The third kappa shape index (κ3) is 4.69. The van der Waals surface area contributed by atoms with Crippen LogP contribution in [0.3, 0.4) is 0 Å². The monoisotopic (exact) mass is 320 g/mol. The number of thioether (sulfide) groups is 1. The molecule has 2 rings (SSSR count). The summed E-state index contributed by atoms with van der Waals surface area (Å²) in [6.45, 7) is 1.92. The summed E-state index contributed by atoms with van der Waals surface area (Å²) in [5.74, 6) is 1.07. The van der Waals surface area contributed by atoms with Crippen molar-refractivity contribution >= 4 is 40.6 Å². The summed E-state index contributed by atoms with van der Waals surface area (Å²) in [4.78, 5) is 11.9. The molecule has 0 bridgehead atoms. The summed E-state index contributed by atoms with van der Waals surface area (Å²) in [5, 5.41) is 3.63. The molecular weight excluding hydrogens is 304 g/mol. The number of rotatable bonds is 5. The molecule has 0 fully saturated rings. The van der Waals surface area contributed by atoms with Crippen LogP contribution >= 0.6 is 23.4 Å². The van der Waals surface area contributed by atoms with Gasteiger partial charge in [-0.05, 0) is 42.3 Å². The van der Waals surface area contributed by atoms with Crippen molar-refractivity contribution in [2.75, 3.05) is 16.8 Å². The second-order valence-corrected chi connectivity index (χ2v) is 6.10. The van der Waals surface area contributed by atoms with Gasteiger partial charge in [0.15, 0.2) is 0 Å². The minimum Gasteiger partial charge on any atom is -0.399 e. The van der Waals surface area contributed by atoms with E-state index in [4.69, 9.17) is 17.3 Å². The SMILES string of the molecule is Cc1cc(N)ccc1NC(=O)CSCc1ccccc1Cl. The molecule has 0 atom stereocenters. The Kier molecular flexibility index (Phi) is 5.53. The second kappa shape index (κ2) is 7.38. The molecule has 0 unspecified atom stereocenters. The lowest BCUT2D eigenvalue weighted by Gasteiger charge is -2.09. The van der Waals surface area contributed by atoms with Gasteiger partial charge in [-0.1, -0.05) is 29.8 Å². The Labute approximate surface area is 133 Å². The van der Waals surface area contributed by atoms with Crippen LogP contribution in [0.2, 0.25) is 5.02 Å². The van der Waals surface area contributed by atoms with E-state index in [9.17, 15) is 4.79 Å². The van der Waals surface area contributed by atoms with Gasteiger partial charge in [0.25, 0.3) is 0 Å². The fraction of sp³-hybridized carbons (Fsp3) is 0.188. The molecule has 0 saturated carbocycles. The predicted molar refractivity (Wildman–Crippen MR) is 91.8 cm³/mol. The molecule has 3 N–H and O–H groups in total. The third-order valence-corrected chi connectivity index (χ3v) is 4.32. The number of aryl methyl sites for hydroxylation is 1. The van der Waals surface area contributed by atoms with Crippen molar-refractivity contribution in [1.82, 2.24) is 0 Å². The Bertz CT molecular complexity index is 646. The molecule has 2 aromatic carbocycles. The maximum absolute atomic E-state index is 11.9. The molecule has 110 valence electrons. The van der Waals surface area contributed by atoms with Crippen LogP contribution in [0.25, 0.3) is 0 Å². The van der Waals surface area contributed by atoms with E-state index in [0.29, 0.717) is 17.2 Å². The van der Waals surface area contributed by atoms with Gasteiger partial charge in [-0.25, -0.2) is 0 Å².